The Hall–Kier alpha value is -2.80. The van der Waals surface area contributed by atoms with Gasteiger partial charge in [-0.05, 0) is 31.5 Å². The molecule has 0 radical (unpaired) electrons. The number of hydrogen-bond acceptors (Lipinski definition) is 5. The summed E-state index contributed by atoms with van der Waals surface area (Å²) < 4.78 is 0. The summed E-state index contributed by atoms with van der Waals surface area (Å²) in [6, 6.07) is 5.27. The molecule has 0 atom stereocenters. The van der Waals surface area contributed by atoms with E-state index in [0.29, 0.717) is 16.4 Å². The number of halogens is 1. The zero-order chi connectivity index (χ0) is 17.5. The van der Waals surface area contributed by atoms with Crippen molar-refractivity contribution in [3.8, 4) is 0 Å². The van der Waals surface area contributed by atoms with Crippen molar-refractivity contribution in [1.29, 1.82) is 0 Å². The standard InChI is InChI=1S/C16H16ClN5O2/c1-10(21-22-16(24)14-9-18-6-7-19-14)8-15(23)20-13-5-3-4-12(17)11(13)2/h3-7,9H,8H2,1-2H3,(H,20,23)(H,22,24)/b21-10+. The molecule has 124 valence electrons. The highest BCUT2D eigenvalue weighted by molar-refractivity contribution is 6.31. The van der Waals surface area contributed by atoms with E-state index in [0.717, 1.165) is 5.56 Å². The van der Waals surface area contributed by atoms with Crippen LogP contribution in [-0.2, 0) is 4.79 Å². The second-order valence-corrected chi connectivity index (χ2v) is 5.42. The summed E-state index contributed by atoms with van der Waals surface area (Å²) in [5.74, 6) is -0.746. The molecular formula is C16H16ClN5O2. The molecule has 24 heavy (non-hydrogen) atoms. The normalized spacial score (nSPS) is 11.0. The average molecular weight is 346 g/mol. The van der Waals surface area contributed by atoms with E-state index in [1.54, 1.807) is 25.1 Å². The van der Waals surface area contributed by atoms with Crippen LogP contribution in [0, 0.1) is 6.92 Å². The third-order valence-electron chi connectivity index (χ3n) is 3.10. The summed E-state index contributed by atoms with van der Waals surface area (Å²) in [5.41, 5.74) is 4.36. The van der Waals surface area contributed by atoms with Gasteiger partial charge in [-0.1, -0.05) is 17.7 Å². The quantitative estimate of drug-likeness (QED) is 0.643. The zero-order valence-corrected chi connectivity index (χ0v) is 14.0. The average Bonchev–Trinajstić information content (AvgIpc) is 2.57. The first-order valence-electron chi connectivity index (χ1n) is 7.12. The first kappa shape index (κ1) is 17.6. The Morgan fingerprint density at radius 3 is 2.79 bits per heavy atom. The molecule has 2 N–H and O–H groups in total. The fourth-order valence-electron chi connectivity index (χ4n) is 1.83. The number of nitrogens with one attached hydrogen (secondary N) is 2. The summed E-state index contributed by atoms with van der Waals surface area (Å²) in [5, 5.41) is 7.22. The van der Waals surface area contributed by atoms with Crippen LogP contribution in [-0.4, -0.2) is 27.5 Å². The number of anilines is 1. The lowest BCUT2D eigenvalue weighted by molar-refractivity contribution is -0.115. The van der Waals surface area contributed by atoms with Gasteiger partial charge in [0.2, 0.25) is 5.91 Å². The molecule has 2 amide bonds. The first-order valence-corrected chi connectivity index (χ1v) is 7.49. The molecule has 0 aliphatic carbocycles. The molecule has 0 bridgehead atoms. The zero-order valence-electron chi connectivity index (χ0n) is 13.2. The summed E-state index contributed by atoms with van der Waals surface area (Å²) in [6.07, 6.45) is 4.24. The van der Waals surface area contributed by atoms with Gasteiger partial charge in [0.05, 0.1) is 12.6 Å². The lowest BCUT2D eigenvalue weighted by atomic mass is 10.2. The smallest absolute Gasteiger partial charge is 0.291 e. The van der Waals surface area contributed by atoms with Crippen molar-refractivity contribution in [2.45, 2.75) is 20.3 Å². The first-order chi connectivity index (χ1) is 11.5. The van der Waals surface area contributed by atoms with Crippen LogP contribution in [0.3, 0.4) is 0 Å². The Balaban J connectivity index is 1.91. The van der Waals surface area contributed by atoms with Gasteiger partial charge in [0.15, 0.2) is 0 Å². The fraction of sp³-hybridized carbons (Fsp3) is 0.188. The van der Waals surface area contributed by atoms with Crippen LogP contribution < -0.4 is 10.7 Å². The third-order valence-corrected chi connectivity index (χ3v) is 3.51. The van der Waals surface area contributed by atoms with Gasteiger partial charge in [0.1, 0.15) is 5.69 Å². The Morgan fingerprint density at radius 2 is 2.08 bits per heavy atom. The number of hydrogen-bond donors (Lipinski definition) is 2. The topological polar surface area (TPSA) is 96.3 Å². The molecule has 0 saturated carbocycles. The molecule has 8 heteroatoms. The highest BCUT2D eigenvalue weighted by Gasteiger charge is 2.09. The molecule has 1 aromatic carbocycles. The summed E-state index contributed by atoms with van der Waals surface area (Å²) in [4.78, 5) is 31.5. The predicted octanol–water partition coefficient (Wildman–Crippen LogP) is 2.57. The van der Waals surface area contributed by atoms with E-state index < -0.39 is 5.91 Å². The number of aromatic nitrogens is 2. The van der Waals surface area contributed by atoms with Gasteiger partial charge < -0.3 is 5.32 Å². The van der Waals surface area contributed by atoms with E-state index in [4.69, 9.17) is 11.6 Å². The van der Waals surface area contributed by atoms with Crippen molar-refractivity contribution in [1.82, 2.24) is 15.4 Å². The molecule has 0 unspecified atom stereocenters. The van der Waals surface area contributed by atoms with Crippen molar-refractivity contribution in [2.24, 2.45) is 5.10 Å². The summed E-state index contributed by atoms with van der Waals surface area (Å²) in [7, 11) is 0. The van der Waals surface area contributed by atoms with E-state index >= 15 is 0 Å². The summed E-state index contributed by atoms with van der Waals surface area (Å²) >= 11 is 6.01. The highest BCUT2D eigenvalue weighted by atomic mass is 35.5. The van der Waals surface area contributed by atoms with Crippen LogP contribution >= 0.6 is 11.6 Å². The molecule has 7 nitrogen and oxygen atoms in total. The van der Waals surface area contributed by atoms with E-state index in [9.17, 15) is 9.59 Å². The second-order valence-electron chi connectivity index (χ2n) is 5.02. The Morgan fingerprint density at radius 1 is 1.29 bits per heavy atom. The Kier molecular flexibility index (Phi) is 5.97. The lowest BCUT2D eigenvalue weighted by Crippen LogP contribution is -2.22. The van der Waals surface area contributed by atoms with Gasteiger partial charge in [-0.25, -0.2) is 10.4 Å². The Labute approximate surface area is 144 Å². The molecule has 2 aromatic rings. The maximum absolute atomic E-state index is 12.0. The number of carbonyl (C=O) groups excluding carboxylic acids is 2. The van der Waals surface area contributed by atoms with Crippen LogP contribution in [0.4, 0.5) is 5.69 Å². The number of hydrazone groups is 1. The van der Waals surface area contributed by atoms with Gasteiger partial charge in [0, 0.05) is 28.8 Å². The van der Waals surface area contributed by atoms with Gasteiger partial charge >= 0.3 is 0 Å². The van der Waals surface area contributed by atoms with Crippen LogP contribution in [0.2, 0.25) is 5.02 Å². The van der Waals surface area contributed by atoms with Gasteiger partial charge in [-0.2, -0.15) is 5.10 Å². The largest absolute Gasteiger partial charge is 0.325 e. The molecule has 0 saturated heterocycles. The maximum atomic E-state index is 12.0. The highest BCUT2D eigenvalue weighted by Crippen LogP contribution is 2.22. The number of nitrogens with zero attached hydrogens (tertiary/aromatic N) is 3. The minimum absolute atomic E-state index is 0.0344. The van der Waals surface area contributed by atoms with Crippen LogP contribution in [0.1, 0.15) is 29.4 Å². The van der Waals surface area contributed by atoms with Crippen molar-refractivity contribution < 1.29 is 9.59 Å². The number of carbonyl (C=O) groups is 2. The number of amides is 2. The van der Waals surface area contributed by atoms with Crippen molar-refractivity contribution >= 4 is 34.8 Å². The second kappa shape index (κ2) is 8.16. The monoisotopic (exact) mass is 345 g/mol. The van der Waals surface area contributed by atoms with Crippen LogP contribution in [0.15, 0.2) is 41.9 Å². The predicted molar refractivity (Wildman–Crippen MR) is 92.0 cm³/mol. The van der Waals surface area contributed by atoms with Crippen LogP contribution in [0.25, 0.3) is 0 Å². The van der Waals surface area contributed by atoms with Gasteiger partial charge in [-0.3, -0.25) is 14.6 Å². The van der Waals surface area contributed by atoms with Gasteiger partial charge in [-0.15, -0.1) is 0 Å². The SMILES string of the molecule is C/C(CC(=O)Nc1cccc(Cl)c1C)=N\NC(=O)c1cnccn1. The van der Waals surface area contributed by atoms with Gasteiger partial charge in [0.25, 0.3) is 5.91 Å². The van der Waals surface area contributed by atoms with Crippen molar-refractivity contribution in [3.05, 3.63) is 53.1 Å². The van der Waals surface area contributed by atoms with E-state index in [-0.39, 0.29) is 18.0 Å². The maximum Gasteiger partial charge on any atom is 0.291 e. The van der Waals surface area contributed by atoms with E-state index in [2.05, 4.69) is 25.8 Å². The van der Waals surface area contributed by atoms with Crippen molar-refractivity contribution in [2.75, 3.05) is 5.32 Å². The number of benzene rings is 1. The molecule has 2 rings (SSSR count). The lowest BCUT2D eigenvalue weighted by Gasteiger charge is -2.09. The minimum atomic E-state index is -0.492. The fourth-order valence-corrected chi connectivity index (χ4v) is 2.00. The molecule has 0 spiro atoms. The summed E-state index contributed by atoms with van der Waals surface area (Å²) in [6.45, 7) is 3.46. The third kappa shape index (κ3) is 4.85. The Bertz CT molecular complexity index is 777. The van der Waals surface area contributed by atoms with Crippen molar-refractivity contribution in [3.63, 3.8) is 0 Å². The van der Waals surface area contributed by atoms with E-state index in [1.165, 1.54) is 18.6 Å². The molecule has 1 heterocycles. The van der Waals surface area contributed by atoms with Crippen LogP contribution in [0.5, 0.6) is 0 Å². The number of rotatable bonds is 5. The molecule has 0 fully saturated rings. The molecule has 1 aromatic heterocycles. The minimum Gasteiger partial charge on any atom is -0.325 e. The molecule has 0 aliphatic heterocycles. The molecular weight excluding hydrogens is 330 g/mol. The molecule has 0 aliphatic rings. The van der Waals surface area contributed by atoms with E-state index in [1.807, 2.05) is 6.92 Å².